The molecule has 0 aliphatic rings. The molecule has 27 heavy (non-hydrogen) atoms. The molecule has 0 saturated heterocycles. The number of nitrogens with one attached hydrogen (secondary N) is 2. The summed E-state index contributed by atoms with van der Waals surface area (Å²) in [7, 11) is 0. The number of aryl methyl sites for hydroxylation is 1. The van der Waals surface area contributed by atoms with Crippen molar-refractivity contribution >= 4 is 52.0 Å². The third-order valence-corrected chi connectivity index (χ3v) is 5.31. The van der Waals surface area contributed by atoms with Crippen LogP contribution in [-0.4, -0.2) is 23.3 Å². The van der Waals surface area contributed by atoms with Gasteiger partial charge in [-0.3, -0.25) is 9.59 Å². The number of thiazole rings is 1. The number of halogens is 2. The zero-order chi connectivity index (χ0) is 19.4. The van der Waals surface area contributed by atoms with Crippen LogP contribution in [0.25, 0.3) is 10.6 Å². The van der Waals surface area contributed by atoms with Gasteiger partial charge in [0.15, 0.2) is 0 Å². The number of rotatable bonds is 5. The van der Waals surface area contributed by atoms with E-state index in [1.54, 1.807) is 18.2 Å². The van der Waals surface area contributed by atoms with Crippen molar-refractivity contribution in [1.29, 1.82) is 0 Å². The van der Waals surface area contributed by atoms with Crippen LogP contribution >= 0.6 is 34.5 Å². The SMILES string of the molecule is Cc1ccc(NC(=O)CNC(=O)c2cnc(-c3ccccc3Cl)s2)c(Cl)c1. The van der Waals surface area contributed by atoms with Gasteiger partial charge in [-0.1, -0.05) is 47.5 Å². The molecule has 0 radical (unpaired) electrons. The molecule has 3 aromatic rings. The van der Waals surface area contributed by atoms with Crippen molar-refractivity contribution in [3.8, 4) is 10.6 Å². The number of amides is 2. The van der Waals surface area contributed by atoms with E-state index in [1.807, 2.05) is 31.2 Å². The summed E-state index contributed by atoms with van der Waals surface area (Å²) in [5, 5.41) is 6.89. The van der Waals surface area contributed by atoms with Gasteiger partial charge in [-0.2, -0.15) is 0 Å². The Morgan fingerprint density at radius 1 is 1.11 bits per heavy atom. The Labute approximate surface area is 170 Å². The molecule has 0 atom stereocenters. The molecule has 0 fully saturated rings. The first-order valence-electron chi connectivity index (χ1n) is 7.99. The fraction of sp³-hybridized carbons (Fsp3) is 0.105. The van der Waals surface area contributed by atoms with Crippen LogP contribution in [0.2, 0.25) is 10.0 Å². The van der Waals surface area contributed by atoms with E-state index in [-0.39, 0.29) is 18.4 Å². The van der Waals surface area contributed by atoms with Crippen molar-refractivity contribution in [3.63, 3.8) is 0 Å². The van der Waals surface area contributed by atoms with Crippen LogP contribution in [-0.2, 0) is 4.79 Å². The number of carbonyl (C=O) groups is 2. The van der Waals surface area contributed by atoms with Crippen molar-refractivity contribution < 1.29 is 9.59 Å². The topological polar surface area (TPSA) is 71.1 Å². The normalized spacial score (nSPS) is 10.5. The molecule has 0 aliphatic heterocycles. The quantitative estimate of drug-likeness (QED) is 0.623. The molecular weight excluding hydrogens is 405 g/mol. The number of anilines is 1. The Morgan fingerprint density at radius 2 is 1.89 bits per heavy atom. The Kier molecular flexibility index (Phi) is 6.11. The fourth-order valence-corrected chi connectivity index (χ4v) is 3.74. The molecule has 0 aliphatic carbocycles. The number of hydrogen-bond donors (Lipinski definition) is 2. The number of nitrogens with zero attached hydrogens (tertiary/aromatic N) is 1. The van der Waals surface area contributed by atoms with Gasteiger partial charge in [0, 0.05) is 5.56 Å². The molecule has 5 nitrogen and oxygen atoms in total. The Morgan fingerprint density at radius 3 is 2.63 bits per heavy atom. The summed E-state index contributed by atoms with van der Waals surface area (Å²) in [4.78, 5) is 28.9. The highest BCUT2D eigenvalue weighted by molar-refractivity contribution is 7.17. The lowest BCUT2D eigenvalue weighted by molar-refractivity contribution is -0.115. The molecule has 0 bridgehead atoms. The van der Waals surface area contributed by atoms with Crippen molar-refractivity contribution in [1.82, 2.24) is 10.3 Å². The van der Waals surface area contributed by atoms with Gasteiger partial charge >= 0.3 is 0 Å². The van der Waals surface area contributed by atoms with Crippen molar-refractivity contribution in [2.75, 3.05) is 11.9 Å². The van der Waals surface area contributed by atoms with Gasteiger partial charge in [0.25, 0.3) is 5.91 Å². The lowest BCUT2D eigenvalue weighted by atomic mass is 10.2. The second-order valence-electron chi connectivity index (χ2n) is 5.72. The summed E-state index contributed by atoms with van der Waals surface area (Å²) in [6.07, 6.45) is 1.47. The van der Waals surface area contributed by atoms with Crippen LogP contribution in [0.15, 0.2) is 48.7 Å². The zero-order valence-electron chi connectivity index (χ0n) is 14.3. The van der Waals surface area contributed by atoms with E-state index >= 15 is 0 Å². The standard InChI is InChI=1S/C19H15Cl2N3O2S/c1-11-6-7-15(14(21)8-11)24-17(25)10-22-18(26)16-9-23-19(27-16)12-4-2-3-5-13(12)20/h2-9H,10H2,1H3,(H,22,26)(H,24,25). The Balaban J connectivity index is 1.59. The molecule has 2 aromatic carbocycles. The molecule has 0 unspecified atom stereocenters. The molecule has 3 rings (SSSR count). The molecule has 0 spiro atoms. The first-order valence-corrected chi connectivity index (χ1v) is 9.56. The predicted molar refractivity (Wildman–Crippen MR) is 110 cm³/mol. The summed E-state index contributed by atoms with van der Waals surface area (Å²) < 4.78 is 0. The van der Waals surface area contributed by atoms with Gasteiger partial charge in [0.1, 0.15) is 9.88 Å². The largest absolute Gasteiger partial charge is 0.342 e. The van der Waals surface area contributed by atoms with Crippen molar-refractivity contribution in [2.45, 2.75) is 6.92 Å². The molecule has 8 heteroatoms. The molecule has 1 aromatic heterocycles. The second-order valence-corrected chi connectivity index (χ2v) is 7.57. The third kappa shape index (κ3) is 4.86. The van der Waals surface area contributed by atoms with Gasteiger partial charge in [-0.25, -0.2) is 4.98 Å². The molecule has 2 amide bonds. The maximum absolute atomic E-state index is 12.3. The summed E-state index contributed by atoms with van der Waals surface area (Å²) in [6, 6.07) is 12.6. The highest BCUT2D eigenvalue weighted by Gasteiger charge is 2.14. The minimum Gasteiger partial charge on any atom is -0.342 e. The monoisotopic (exact) mass is 419 g/mol. The van der Waals surface area contributed by atoms with Gasteiger partial charge in [-0.15, -0.1) is 11.3 Å². The zero-order valence-corrected chi connectivity index (χ0v) is 16.6. The summed E-state index contributed by atoms with van der Waals surface area (Å²) in [6.45, 7) is 1.73. The summed E-state index contributed by atoms with van der Waals surface area (Å²) in [5.41, 5.74) is 2.25. The number of benzene rings is 2. The van der Waals surface area contributed by atoms with Crippen LogP contribution in [0.3, 0.4) is 0 Å². The van der Waals surface area contributed by atoms with E-state index in [0.717, 1.165) is 11.1 Å². The van der Waals surface area contributed by atoms with Crippen molar-refractivity contribution in [2.24, 2.45) is 0 Å². The van der Waals surface area contributed by atoms with Gasteiger partial charge in [0.2, 0.25) is 5.91 Å². The van der Waals surface area contributed by atoms with Gasteiger partial charge < -0.3 is 10.6 Å². The Bertz CT molecular complexity index is 1000. The Hall–Kier alpha value is -2.41. The van der Waals surface area contributed by atoms with E-state index in [4.69, 9.17) is 23.2 Å². The van der Waals surface area contributed by atoms with E-state index in [9.17, 15) is 9.59 Å². The summed E-state index contributed by atoms with van der Waals surface area (Å²) >= 11 is 13.4. The highest BCUT2D eigenvalue weighted by atomic mass is 35.5. The first kappa shape index (κ1) is 19.4. The van der Waals surface area contributed by atoms with E-state index in [2.05, 4.69) is 15.6 Å². The summed E-state index contributed by atoms with van der Waals surface area (Å²) in [5.74, 6) is -0.749. The lowest BCUT2D eigenvalue weighted by Crippen LogP contribution is -2.32. The molecule has 2 N–H and O–H groups in total. The van der Waals surface area contributed by atoms with Crippen LogP contribution in [0.1, 0.15) is 15.2 Å². The van der Waals surface area contributed by atoms with Crippen LogP contribution in [0, 0.1) is 6.92 Å². The number of aromatic nitrogens is 1. The molecular formula is C19H15Cl2N3O2S. The molecule has 1 heterocycles. The predicted octanol–water partition coefficient (Wildman–Crippen LogP) is 4.79. The van der Waals surface area contributed by atoms with E-state index in [1.165, 1.54) is 17.5 Å². The smallest absolute Gasteiger partial charge is 0.263 e. The minimum atomic E-state index is -0.379. The van der Waals surface area contributed by atoms with Gasteiger partial charge in [0.05, 0.1) is 28.5 Å². The third-order valence-electron chi connectivity index (χ3n) is 3.64. The van der Waals surface area contributed by atoms with Crippen LogP contribution in [0.4, 0.5) is 5.69 Å². The number of hydrogen-bond acceptors (Lipinski definition) is 4. The maximum atomic E-state index is 12.3. The second kappa shape index (κ2) is 8.52. The lowest BCUT2D eigenvalue weighted by Gasteiger charge is -2.08. The average molecular weight is 420 g/mol. The average Bonchev–Trinajstić information content (AvgIpc) is 3.12. The first-order chi connectivity index (χ1) is 12.9. The maximum Gasteiger partial charge on any atom is 0.263 e. The van der Waals surface area contributed by atoms with Crippen molar-refractivity contribution in [3.05, 3.63) is 69.1 Å². The number of carbonyl (C=O) groups excluding carboxylic acids is 2. The van der Waals surface area contributed by atoms with E-state index in [0.29, 0.717) is 25.6 Å². The van der Waals surface area contributed by atoms with Gasteiger partial charge in [-0.05, 0) is 30.7 Å². The van der Waals surface area contributed by atoms with Crippen LogP contribution in [0.5, 0.6) is 0 Å². The molecule has 0 saturated carbocycles. The van der Waals surface area contributed by atoms with Crippen LogP contribution < -0.4 is 10.6 Å². The minimum absolute atomic E-state index is 0.178. The van der Waals surface area contributed by atoms with E-state index < -0.39 is 0 Å². The highest BCUT2D eigenvalue weighted by Crippen LogP contribution is 2.30. The fourth-order valence-electron chi connectivity index (χ4n) is 2.30. The molecule has 138 valence electrons.